The Kier molecular flexibility index (Phi) is 3.11. The van der Waals surface area contributed by atoms with Gasteiger partial charge in [-0.1, -0.05) is 22.9 Å². The molecule has 0 saturated carbocycles. The highest BCUT2D eigenvalue weighted by atomic mass is 127. The van der Waals surface area contributed by atoms with Crippen molar-refractivity contribution >= 4 is 49.4 Å². The maximum absolute atomic E-state index is 4.50. The average molecular weight is 365 g/mol. The lowest BCUT2D eigenvalue weighted by Crippen LogP contribution is -1.98. The van der Waals surface area contributed by atoms with Gasteiger partial charge < -0.3 is 0 Å². The van der Waals surface area contributed by atoms with Crippen LogP contribution in [0.15, 0.2) is 22.7 Å². The zero-order valence-electron chi connectivity index (χ0n) is 7.80. The van der Waals surface area contributed by atoms with Crippen molar-refractivity contribution in [3.63, 3.8) is 0 Å². The Morgan fingerprint density at radius 3 is 3.00 bits per heavy atom. The molecule has 0 bridgehead atoms. The zero-order valence-corrected chi connectivity index (χ0v) is 11.5. The van der Waals surface area contributed by atoms with Gasteiger partial charge in [0.2, 0.25) is 0 Å². The van der Waals surface area contributed by atoms with E-state index in [9.17, 15) is 0 Å². The van der Waals surface area contributed by atoms with Gasteiger partial charge in [-0.25, -0.2) is 0 Å². The van der Waals surface area contributed by atoms with Crippen molar-refractivity contribution in [3.8, 4) is 0 Å². The molecule has 74 valence electrons. The molecule has 0 aliphatic rings. The summed E-state index contributed by atoms with van der Waals surface area (Å²) in [5, 5.41) is 5.74. The van der Waals surface area contributed by atoms with Crippen LogP contribution in [0.2, 0.25) is 0 Å². The van der Waals surface area contributed by atoms with Crippen LogP contribution in [0.4, 0.5) is 0 Å². The summed E-state index contributed by atoms with van der Waals surface area (Å²) in [6.07, 6.45) is 1.11. The first-order chi connectivity index (χ1) is 6.72. The van der Waals surface area contributed by atoms with E-state index in [-0.39, 0.29) is 0 Å². The van der Waals surface area contributed by atoms with Gasteiger partial charge in [0.25, 0.3) is 0 Å². The highest BCUT2D eigenvalue weighted by Crippen LogP contribution is 2.24. The Labute approximate surface area is 105 Å². The number of aryl methyl sites for hydroxylation is 1. The second kappa shape index (κ2) is 4.18. The smallest absolute Gasteiger partial charge is 0.131 e. The quantitative estimate of drug-likeness (QED) is 0.741. The van der Waals surface area contributed by atoms with Crippen LogP contribution in [0.5, 0.6) is 0 Å². The lowest BCUT2D eigenvalue weighted by molar-refractivity contribution is 0.618. The molecule has 2 nitrogen and oxygen atoms in total. The summed E-state index contributed by atoms with van der Waals surface area (Å²) in [5.41, 5.74) is 1.21. The molecule has 1 aromatic carbocycles. The Bertz CT molecular complexity index is 464. The van der Waals surface area contributed by atoms with Gasteiger partial charge in [0.15, 0.2) is 0 Å². The molecule has 0 aliphatic heterocycles. The highest BCUT2D eigenvalue weighted by Gasteiger charge is 2.07. The highest BCUT2D eigenvalue weighted by molar-refractivity contribution is 14.1. The van der Waals surface area contributed by atoms with Gasteiger partial charge in [-0.15, -0.1) is 0 Å². The minimum Gasteiger partial charge on any atom is -0.264 e. The minimum absolute atomic E-state index is 0.982. The number of halogens is 2. The molecule has 2 aromatic rings. The second-order valence-corrected chi connectivity index (χ2v) is 5.11. The maximum Gasteiger partial charge on any atom is 0.131 e. The molecule has 0 spiro atoms. The van der Waals surface area contributed by atoms with Crippen molar-refractivity contribution < 1.29 is 0 Å². The second-order valence-electron chi connectivity index (χ2n) is 3.18. The van der Waals surface area contributed by atoms with Crippen LogP contribution >= 0.6 is 38.5 Å². The molecule has 0 saturated heterocycles. The molecule has 0 amide bonds. The van der Waals surface area contributed by atoms with Crippen LogP contribution in [0.3, 0.4) is 0 Å². The van der Waals surface area contributed by atoms with Gasteiger partial charge in [-0.05, 0) is 47.2 Å². The fourth-order valence-corrected chi connectivity index (χ4v) is 2.55. The standard InChI is InChI=1S/C10H10BrIN2/c1-2-5-14-9-6-7(11)3-4-8(9)10(12)13-14/h3-4,6H,2,5H2,1H3. The Morgan fingerprint density at radius 2 is 2.29 bits per heavy atom. The van der Waals surface area contributed by atoms with Crippen molar-refractivity contribution in [3.05, 3.63) is 26.4 Å². The molecule has 0 unspecified atom stereocenters. The third-order valence-corrected chi connectivity index (χ3v) is 3.39. The minimum atomic E-state index is 0.982. The number of hydrogen-bond donors (Lipinski definition) is 0. The van der Waals surface area contributed by atoms with Crippen LogP contribution in [0, 0.1) is 3.70 Å². The van der Waals surface area contributed by atoms with Gasteiger partial charge in [-0.3, -0.25) is 4.68 Å². The molecule has 4 heteroatoms. The number of nitrogens with zero attached hydrogens (tertiary/aromatic N) is 2. The van der Waals surface area contributed by atoms with Crippen LogP contribution in [-0.2, 0) is 6.54 Å². The monoisotopic (exact) mass is 364 g/mol. The molecular formula is C10H10BrIN2. The molecule has 1 aromatic heterocycles. The van der Waals surface area contributed by atoms with E-state index in [4.69, 9.17) is 0 Å². The molecule has 0 fully saturated rings. The van der Waals surface area contributed by atoms with Crippen molar-refractivity contribution in [1.29, 1.82) is 0 Å². The molecule has 1 heterocycles. The number of hydrogen-bond acceptors (Lipinski definition) is 1. The molecule has 0 aliphatic carbocycles. The topological polar surface area (TPSA) is 17.8 Å². The van der Waals surface area contributed by atoms with E-state index in [2.05, 4.69) is 73.4 Å². The predicted molar refractivity (Wildman–Crippen MR) is 70.4 cm³/mol. The lowest BCUT2D eigenvalue weighted by atomic mass is 10.2. The van der Waals surface area contributed by atoms with Crippen molar-refractivity contribution in [1.82, 2.24) is 9.78 Å². The van der Waals surface area contributed by atoms with Gasteiger partial charge in [-0.2, -0.15) is 5.10 Å². The van der Waals surface area contributed by atoms with Crippen LogP contribution in [0.25, 0.3) is 10.9 Å². The van der Waals surface area contributed by atoms with E-state index in [0.717, 1.165) is 21.1 Å². The summed E-state index contributed by atoms with van der Waals surface area (Å²) in [6, 6.07) is 6.29. The van der Waals surface area contributed by atoms with Crippen LogP contribution in [0.1, 0.15) is 13.3 Å². The molecule has 14 heavy (non-hydrogen) atoms. The summed E-state index contributed by atoms with van der Waals surface area (Å²) >= 11 is 5.77. The van der Waals surface area contributed by atoms with Crippen LogP contribution in [-0.4, -0.2) is 9.78 Å². The summed E-state index contributed by atoms with van der Waals surface area (Å²) in [7, 11) is 0. The first-order valence-corrected chi connectivity index (χ1v) is 6.41. The first-order valence-electron chi connectivity index (χ1n) is 4.54. The van der Waals surface area contributed by atoms with Gasteiger partial charge in [0, 0.05) is 16.4 Å². The van der Waals surface area contributed by atoms with E-state index >= 15 is 0 Å². The summed E-state index contributed by atoms with van der Waals surface area (Å²) in [6.45, 7) is 3.15. The molecular weight excluding hydrogens is 355 g/mol. The largest absolute Gasteiger partial charge is 0.264 e. The van der Waals surface area contributed by atoms with E-state index < -0.39 is 0 Å². The molecule has 2 rings (SSSR count). The normalized spacial score (nSPS) is 11.1. The number of rotatable bonds is 2. The molecule has 0 radical (unpaired) electrons. The first kappa shape index (κ1) is 10.4. The third kappa shape index (κ3) is 1.82. The van der Waals surface area contributed by atoms with E-state index in [0.29, 0.717) is 0 Å². The number of benzene rings is 1. The van der Waals surface area contributed by atoms with Crippen molar-refractivity contribution in [2.45, 2.75) is 19.9 Å². The summed E-state index contributed by atoms with van der Waals surface area (Å²) < 4.78 is 4.26. The SMILES string of the molecule is CCCn1nc(I)c2ccc(Br)cc21. The average Bonchev–Trinajstić information content (AvgIpc) is 2.44. The predicted octanol–water partition coefficient (Wildman–Crippen LogP) is 3.81. The fraction of sp³-hybridized carbons (Fsp3) is 0.300. The van der Waals surface area contributed by atoms with Gasteiger partial charge in [0.05, 0.1) is 5.52 Å². The third-order valence-electron chi connectivity index (χ3n) is 2.10. The van der Waals surface area contributed by atoms with E-state index in [1.165, 1.54) is 10.9 Å². The summed E-state index contributed by atoms with van der Waals surface area (Å²) in [4.78, 5) is 0. The molecule has 0 atom stereocenters. The Balaban J connectivity index is 2.66. The Morgan fingerprint density at radius 1 is 1.50 bits per heavy atom. The van der Waals surface area contributed by atoms with Gasteiger partial charge >= 0.3 is 0 Å². The zero-order chi connectivity index (χ0) is 10.1. The summed E-state index contributed by atoms with van der Waals surface area (Å²) in [5.74, 6) is 0. The lowest BCUT2D eigenvalue weighted by Gasteiger charge is -2.00. The van der Waals surface area contributed by atoms with Crippen molar-refractivity contribution in [2.24, 2.45) is 0 Å². The number of fused-ring (bicyclic) bond motifs is 1. The maximum atomic E-state index is 4.50. The fourth-order valence-electron chi connectivity index (χ4n) is 1.49. The Hall–Kier alpha value is -0.100. The number of aromatic nitrogens is 2. The van der Waals surface area contributed by atoms with Crippen molar-refractivity contribution in [2.75, 3.05) is 0 Å². The van der Waals surface area contributed by atoms with E-state index in [1.807, 2.05) is 0 Å². The van der Waals surface area contributed by atoms with Crippen LogP contribution < -0.4 is 0 Å². The van der Waals surface area contributed by atoms with Gasteiger partial charge in [0.1, 0.15) is 3.70 Å². The molecule has 0 N–H and O–H groups in total. The van der Waals surface area contributed by atoms with E-state index in [1.54, 1.807) is 0 Å².